The Morgan fingerprint density at radius 2 is 1.95 bits per heavy atom. The highest BCUT2D eigenvalue weighted by molar-refractivity contribution is 7.89. The summed E-state index contributed by atoms with van der Waals surface area (Å²) in [6.07, 6.45) is 0.950. The summed E-state index contributed by atoms with van der Waals surface area (Å²) < 4.78 is 22.9. The first-order valence-electron chi connectivity index (χ1n) is 6.03. The normalized spacial score (nSPS) is 11.8. The second-order valence-corrected chi connectivity index (χ2v) is 6.35. The Morgan fingerprint density at radius 3 is 2.47 bits per heavy atom. The minimum atomic E-state index is -3.75. The molecule has 0 amide bonds. The number of nitrogens with two attached hydrogens (primary N) is 2. The first kappa shape index (κ1) is 15.7. The molecule has 7 heteroatoms. The highest BCUT2D eigenvalue weighted by atomic mass is 32.2. The average Bonchev–Trinajstić information content (AvgIpc) is 2.26. The maximum atomic E-state index is 11.5. The molecule has 0 saturated heterocycles. The molecular weight excluding hydrogens is 264 g/mol. The fourth-order valence-corrected chi connectivity index (χ4v) is 2.64. The SMILES string of the molecule is Cc1c(NCCCN(C)C)cc(N)cc1S(N)(=O)=O. The molecule has 0 atom stereocenters. The van der Waals surface area contributed by atoms with E-state index in [1.165, 1.54) is 6.07 Å². The zero-order valence-electron chi connectivity index (χ0n) is 11.6. The Kier molecular flexibility index (Phi) is 5.16. The Labute approximate surface area is 114 Å². The summed E-state index contributed by atoms with van der Waals surface area (Å²) in [5.74, 6) is 0. The number of nitrogen functional groups attached to an aromatic ring is 1. The van der Waals surface area contributed by atoms with E-state index in [4.69, 9.17) is 10.9 Å². The minimum absolute atomic E-state index is 0.0719. The lowest BCUT2D eigenvalue weighted by Crippen LogP contribution is -2.18. The third-order valence-corrected chi connectivity index (χ3v) is 3.82. The van der Waals surface area contributed by atoms with Crippen molar-refractivity contribution in [1.82, 2.24) is 4.90 Å². The van der Waals surface area contributed by atoms with Crippen LogP contribution in [0.2, 0.25) is 0 Å². The van der Waals surface area contributed by atoms with Crippen molar-refractivity contribution in [3.05, 3.63) is 17.7 Å². The Balaban J connectivity index is 2.87. The van der Waals surface area contributed by atoms with Crippen molar-refractivity contribution in [2.24, 2.45) is 5.14 Å². The minimum Gasteiger partial charge on any atom is -0.399 e. The monoisotopic (exact) mass is 286 g/mol. The number of nitrogens with one attached hydrogen (secondary N) is 1. The van der Waals surface area contributed by atoms with Crippen LogP contribution in [0.5, 0.6) is 0 Å². The van der Waals surface area contributed by atoms with E-state index in [9.17, 15) is 8.42 Å². The zero-order valence-corrected chi connectivity index (χ0v) is 12.4. The number of rotatable bonds is 6. The number of anilines is 2. The van der Waals surface area contributed by atoms with Crippen LogP contribution in [0.15, 0.2) is 17.0 Å². The number of hydrogen-bond acceptors (Lipinski definition) is 5. The summed E-state index contributed by atoms with van der Waals surface area (Å²) in [4.78, 5) is 2.16. The van der Waals surface area contributed by atoms with Crippen molar-refractivity contribution >= 4 is 21.4 Å². The van der Waals surface area contributed by atoms with E-state index in [0.29, 0.717) is 16.9 Å². The summed E-state index contributed by atoms with van der Waals surface area (Å²) in [5.41, 5.74) is 7.40. The van der Waals surface area contributed by atoms with Crippen molar-refractivity contribution in [1.29, 1.82) is 0 Å². The molecular formula is C12H22N4O2S. The lowest BCUT2D eigenvalue weighted by molar-refractivity contribution is 0.405. The van der Waals surface area contributed by atoms with Crippen LogP contribution in [0.25, 0.3) is 0 Å². The van der Waals surface area contributed by atoms with Gasteiger partial charge in [0.15, 0.2) is 0 Å². The lowest BCUT2D eigenvalue weighted by Gasteiger charge is -2.15. The fourth-order valence-electron chi connectivity index (χ4n) is 1.81. The van der Waals surface area contributed by atoms with E-state index in [2.05, 4.69) is 10.2 Å². The molecule has 0 bridgehead atoms. The van der Waals surface area contributed by atoms with Gasteiger partial charge >= 0.3 is 0 Å². The standard InChI is InChI=1S/C12H22N4O2S/c1-9-11(15-5-4-6-16(2)3)7-10(13)8-12(9)19(14,17)18/h7-8,15H,4-6,13H2,1-3H3,(H2,14,17,18). The molecule has 0 unspecified atom stereocenters. The summed E-state index contributed by atoms with van der Waals surface area (Å²) >= 11 is 0. The molecule has 108 valence electrons. The Morgan fingerprint density at radius 1 is 1.32 bits per heavy atom. The van der Waals surface area contributed by atoms with Crippen molar-refractivity contribution in [2.45, 2.75) is 18.2 Å². The van der Waals surface area contributed by atoms with Gasteiger partial charge in [0.2, 0.25) is 10.0 Å². The molecule has 1 aromatic carbocycles. The van der Waals surface area contributed by atoms with Gasteiger partial charge in [-0.3, -0.25) is 0 Å². The van der Waals surface area contributed by atoms with Gasteiger partial charge in [-0.1, -0.05) is 0 Å². The third kappa shape index (κ3) is 4.70. The van der Waals surface area contributed by atoms with Crippen LogP contribution in [-0.2, 0) is 10.0 Å². The van der Waals surface area contributed by atoms with Crippen LogP contribution in [0.1, 0.15) is 12.0 Å². The number of benzene rings is 1. The Hall–Kier alpha value is -1.31. The van der Waals surface area contributed by atoms with Crippen LogP contribution >= 0.6 is 0 Å². The van der Waals surface area contributed by atoms with Gasteiger partial charge in [-0.15, -0.1) is 0 Å². The van der Waals surface area contributed by atoms with Gasteiger partial charge in [-0.05, 0) is 51.7 Å². The average molecular weight is 286 g/mol. The molecule has 0 heterocycles. The summed E-state index contributed by atoms with van der Waals surface area (Å²) in [6, 6.07) is 3.11. The number of nitrogens with zero attached hydrogens (tertiary/aromatic N) is 1. The molecule has 0 saturated carbocycles. The molecule has 19 heavy (non-hydrogen) atoms. The van der Waals surface area contributed by atoms with Crippen molar-refractivity contribution in [3.8, 4) is 0 Å². The van der Waals surface area contributed by atoms with E-state index in [1.807, 2.05) is 14.1 Å². The topological polar surface area (TPSA) is 101 Å². The first-order valence-corrected chi connectivity index (χ1v) is 7.58. The molecule has 6 nitrogen and oxygen atoms in total. The molecule has 0 aliphatic carbocycles. The van der Waals surface area contributed by atoms with Gasteiger partial charge in [-0.25, -0.2) is 13.6 Å². The fraction of sp³-hybridized carbons (Fsp3) is 0.500. The number of hydrogen-bond donors (Lipinski definition) is 3. The number of sulfonamides is 1. The van der Waals surface area contributed by atoms with Crippen LogP contribution < -0.4 is 16.2 Å². The maximum Gasteiger partial charge on any atom is 0.238 e. The van der Waals surface area contributed by atoms with Crippen molar-refractivity contribution in [2.75, 3.05) is 38.2 Å². The number of primary sulfonamides is 1. The van der Waals surface area contributed by atoms with Crippen LogP contribution in [0.3, 0.4) is 0 Å². The van der Waals surface area contributed by atoms with Gasteiger partial charge in [0, 0.05) is 17.9 Å². The Bertz CT molecular complexity index is 541. The van der Waals surface area contributed by atoms with E-state index in [-0.39, 0.29) is 4.90 Å². The van der Waals surface area contributed by atoms with Crippen LogP contribution in [0, 0.1) is 6.92 Å². The highest BCUT2D eigenvalue weighted by Crippen LogP contribution is 2.25. The molecule has 0 fully saturated rings. The van der Waals surface area contributed by atoms with Gasteiger partial charge in [0.1, 0.15) is 0 Å². The predicted molar refractivity (Wildman–Crippen MR) is 78.6 cm³/mol. The summed E-state index contributed by atoms with van der Waals surface area (Å²) in [5, 5.41) is 8.37. The van der Waals surface area contributed by atoms with Crippen molar-refractivity contribution in [3.63, 3.8) is 0 Å². The smallest absolute Gasteiger partial charge is 0.238 e. The van der Waals surface area contributed by atoms with E-state index in [1.54, 1.807) is 13.0 Å². The highest BCUT2D eigenvalue weighted by Gasteiger charge is 2.15. The second-order valence-electron chi connectivity index (χ2n) is 4.82. The second kappa shape index (κ2) is 6.23. The summed E-state index contributed by atoms with van der Waals surface area (Å²) in [6.45, 7) is 3.41. The van der Waals surface area contributed by atoms with E-state index >= 15 is 0 Å². The van der Waals surface area contributed by atoms with Gasteiger partial charge in [0.25, 0.3) is 0 Å². The molecule has 0 aliphatic heterocycles. The molecule has 0 aliphatic rings. The first-order chi connectivity index (χ1) is 8.71. The largest absolute Gasteiger partial charge is 0.399 e. The van der Waals surface area contributed by atoms with E-state index in [0.717, 1.165) is 19.5 Å². The molecule has 0 aromatic heterocycles. The zero-order chi connectivity index (χ0) is 14.6. The molecule has 1 aromatic rings. The van der Waals surface area contributed by atoms with Crippen LogP contribution in [0.4, 0.5) is 11.4 Å². The maximum absolute atomic E-state index is 11.5. The van der Waals surface area contributed by atoms with Gasteiger partial charge in [-0.2, -0.15) is 0 Å². The van der Waals surface area contributed by atoms with Crippen molar-refractivity contribution < 1.29 is 8.42 Å². The predicted octanol–water partition coefficient (Wildman–Crippen LogP) is 0.588. The molecule has 0 radical (unpaired) electrons. The van der Waals surface area contributed by atoms with E-state index < -0.39 is 10.0 Å². The van der Waals surface area contributed by atoms with Gasteiger partial charge < -0.3 is 16.0 Å². The molecule has 1 rings (SSSR count). The molecule has 0 spiro atoms. The lowest BCUT2D eigenvalue weighted by atomic mass is 10.1. The quantitative estimate of drug-likeness (QED) is 0.525. The third-order valence-electron chi connectivity index (χ3n) is 2.79. The molecule has 5 N–H and O–H groups in total. The van der Waals surface area contributed by atoms with Crippen LogP contribution in [-0.4, -0.2) is 40.5 Å². The van der Waals surface area contributed by atoms with Gasteiger partial charge in [0.05, 0.1) is 4.90 Å². The summed E-state index contributed by atoms with van der Waals surface area (Å²) in [7, 11) is 0.259.